The van der Waals surface area contributed by atoms with Crippen LogP contribution in [-0.2, 0) is 11.8 Å². The standard InChI is InChI=1S/C10H10N2O2S.C8H14.C3H6.C2H6/c1-12-6-5-7(11-12)8-3-4-9(15-8)10(13)14-2;1-4-6-8(3)7-5-2;1-3-2;1-2/h3-6H,1-2H3;4,6-7H,5H2,1-3H3;3H,1H2,2H3;1-2H3/b;6-4-,8-7-;;. The summed E-state index contributed by atoms with van der Waals surface area (Å²) in [4.78, 5) is 12.8. The normalized spacial score (nSPS) is 9.93. The van der Waals surface area contributed by atoms with Crippen molar-refractivity contribution in [3.8, 4) is 10.6 Å². The van der Waals surface area contributed by atoms with Crippen molar-refractivity contribution in [2.75, 3.05) is 7.11 Å². The number of hydrogen-bond acceptors (Lipinski definition) is 4. The third-order valence-electron chi connectivity index (χ3n) is 2.91. The lowest BCUT2D eigenvalue weighted by molar-refractivity contribution is 0.0606. The molecule has 4 nitrogen and oxygen atoms in total. The molecule has 0 atom stereocenters. The van der Waals surface area contributed by atoms with Gasteiger partial charge in [-0.1, -0.05) is 50.6 Å². The van der Waals surface area contributed by atoms with Crippen LogP contribution in [0.3, 0.4) is 0 Å². The second-order valence-corrected chi connectivity index (χ2v) is 6.38. The highest BCUT2D eigenvalue weighted by Crippen LogP contribution is 2.26. The molecule has 2 aromatic heterocycles. The SMILES string of the molecule is C/C=C\C(C)=C/CC.C=CC.CC.COC(=O)c1ccc(-c2ccn(C)n2)s1. The van der Waals surface area contributed by atoms with E-state index in [9.17, 15) is 4.79 Å². The van der Waals surface area contributed by atoms with Crippen molar-refractivity contribution in [3.63, 3.8) is 0 Å². The first-order valence-corrected chi connectivity index (χ1v) is 10.3. The van der Waals surface area contributed by atoms with Crippen LogP contribution in [0.4, 0.5) is 0 Å². The van der Waals surface area contributed by atoms with Crippen LogP contribution in [0.2, 0.25) is 0 Å². The molecule has 0 amide bonds. The van der Waals surface area contributed by atoms with E-state index >= 15 is 0 Å². The van der Waals surface area contributed by atoms with Crippen LogP contribution in [0.15, 0.2) is 60.9 Å². The second kappa shape index (κ2) is 18.0. The van der Waals surface area contributed by atoms with Crippen LogP contribution in [-0.4, -0.2) is 22.9 Å². The summed E-state index contributed by atoms with van der Waals surface area (Å²) in [6.07, 6.45) is 11.1. The van der Waals surface area contributed by atoms with Gasteiger partial charge >= 0.3 is 5.97 Å². The first-order valence-electron chi connectivity index (χ1n) is 9.48. The number of esters is 1. The van der Waals surface area contributed by atoms with Gasteiger partial charge in [0.1, 0.15) is 10.6 Å². The van der Waals surface area contributed by atoms with Crippen molar-refractivity contribution in [3.05, 3.63) is 65.7 Å². The van der Waals surface area contributed by atoms with Gasteiger partial charge in [-0.25, -0.2) is 4.79 Å². The molecule has 28 heavy (non-hydrogen) atoms. The maximum absolute atomic E-state index is 11.2. The number of rotatable bonds is 4. The van der Waals surface area contributed by atoms with E-state index in [-0.39, 0.29) is 5.97 Å². The monoisotopic (exact) mass is 404 g/mol. The molecule has 0 unspecified atom stereocenters. The van der Waals surface area contributed by atoms with Crippen LogP contribution >= 0.6 is 11.3 Å². The zero-order valence-corrected chi connectivity index (χ0v) is 19.5. The molecule has 2 heterocycles. The minimum atomic E-state index is -0.304. The van der Waals surface area contributed by atoms with E-state index in [0.717, 1.165) is 17.0 Å². The van der Waals surface area contributed by atoms with E-state index in [1.165, 1.54) is 24.0 Å². The summed E-state index contributed by atoms with van der Waals surface area (Å²) in [7, 11) is 3.24. The second-order valence-electron chi connectivity index (χ2n) is 5.29. The van der Waals surface area contributed by atoms with Crippen LogP contribution in [0.25, 0.3) is 10.6 Å². The van der Waals surface area contributed by atoms with Crippen LogP contribution in [0, 0.1) is 0 Å². The van der Waals surface area contributed by atoms with Gasteiger partial charge in [0.15, 0.2) is 0 Å². The summed E-state index contributed by atoms with van der Waals surface area (Å²) in [5.74, 6) is -0.304. The summed E-state index contributed by atoms with van der Waals surface area (Å²) in [5.41, 5.74) is 2.23. The largest absolute Gasteiger partial charge is 0.465 e. The van der Waals surface area contributed by atoms with Gasteiger partial charge in [-0.2, -0.15) is 5.10 Å². The lowest BCUT2D eigenvalue weighted by Crippen LogP contribution is -1.96. The summed E-state index contributed by atoms with van der Waals surface area (Å²) in [6.45, 7) is 15.5. The van der Waals surface area contributed by atoms with Crippen molar-refractivity contribution in [2.45, 2.75) is 48.0 Å². The molecule has 0 aliphatic carbocycles. The predicted octanol–water partition coefficient (Wildman–Crippen LogP) is 7.07. The van der Waals surface area contributed by atoms with Gasteiger partial charge in [0, 0.05) is 13.2 Å². The molecule has 0 saturated carbocycles. The van der Waals surface area contributed by atoms with Gasteiger partial charge in [-0.3, -0.25) is 4.68 Å². The predicted molar refractivity (Wildman–Crippen MR) is 124 cm³/mol. The molecule has 2 rings (SSSR count). The molecule has 5 heteroatoms. The molecule has 0 N–H and O–H groups in total. The average Bonchev–Trinajstić information content (AvgIpc) is 3.33. The van der Waals surface area contributed by atoms with Crippen molar-refractivity contribution < 1.29 is 9.53 Å². The van der Waals surface area contributed by atoms with Gasteiger partial charge in [0.05, 0.1) is 12.0 Å². The summed E-state index contributed by atoms with van der Waals surface area (Å²) >= 11 is 1.38. The summed E-state index contributed by atoms with van der Waals surface area (Å²) in [6, 6.07) is 5.53. The quantitative estimate of drug-likeness (QED) is 0.311. The fraction of sp³-hybridized carbons (Fsp3) is 0.391. The minimum Gasteiger partial charge on any atom is -0.465 e. The molecule has 0 fully saturated rings. The van der Waals surface area contributed by atoms with Crippen LogP contribution in [0.5, 0.6) is 0 Å². The molecule has 0 radical (unpaired) electrons. The van der Waals surface area contributed by atoms with Crippen molar-refractivity contribution in [1.82, 2.24) is 9.78 Å². The van der Waals surface area contributed by atoms with E-state index in [1.54, 1.807) is 16.8 Å². The fourth-order valence-electron chi connectivity index (χ4n) is 1.89. The number of hydrogen-bond donors (Lipinski definition) is 0. The van der Waals surface area contributed by atoms with E-state index in [0.29, 0.717) is 4.88 Å². The highest BCUT2D eigenvalue weighted by Gasteiger charge is 2.11. The van der Waals surface area contributed by atoms with Crippen LogP contribution in [0.1, 0.15) is 57.6 Å². The van der Waals surface area contributed by atoms with Gasteiger partial charge in [-0.15, -0.1) is 17.9 Å². The Morgan fingerprint density at radius 1 is 1.29 bits per heavy atom. The smallest absolute Gasteiger partial charge is 0.348 e. The van der Waals surface area contributed by atoms with E-state index in [2.05, 4.69) is 48.5 Å². The maximum atomic E-state index is 11.2. The average molecular weight is 405 g/mol. The highest BCUT2D eigenvalue weighted by molar-refractivity contribution is 7.17. The van der Waals surface area contributed by atoms with Crippen molar-refractivity contribution in [2.24, 2.45) is 7.05 Å². The van der Waals surface area contributed by atoms with E-state index < -0.39 is 0 Å². The number of aryl methyl sites for hydroxylation is 1. The zero-order chi connectivity index (χ0) is 21.9. The van der Waals surface area contributed by atoms with Gasteiger partial charge in [-0.05, 0) is 45.4 Å². The topological polar surface area (TPSA) is 44.1 Å². The van der Waals surface area contributed by atoms with Crippen molar-refractivity contribution in [1.29, 1.82) is 0 Å². The highest BCUT2D eigenvalue weighted by atomic mass is 32.1. The number of allylic oxidation sites excluding steroid dienone is 5. The number of aromatic nitrogens is 2. The molecule has 0 aliphatic rings. The molecule has 0 bridgehead atoms. The molecule has 2 aromatic rings. The number of carbonyl (C=O) groups excluding carboxylic acids is 1. The molecule has 0 aromatic carbocycles. The molecular weight excluding hydrogens is 368 g/mol. The Kier molecular flexibility index (Phi) is 17.9. The van der Waals surface area contributed by atoms with Gasteiger partial charge < -0.3 is 4.74 Å². The number of ether oxygens (including phenoxy) is 1. The Morgan fingerprint density at radius 2 is 1.89 bits per heavy atom. The summed E-state index contributed by atoms with van der Waals surface area (Å²) < 4.78 is 6.37. The lowest BCUT2D eigenvalue weighted by atomic mass is 10.2. The summed E-state index contributed by atoms with van der Waals surface area (Å²) in [5, 5.41) is 4.25. The maximum Gasteiger partial charge on any atom is 0.348 e. The van der Waals surface area contributed by atoms with E-state index in [1.807, 2.05) is 53.1 Å². The Hall–Kier alpha value is -2.40. The number of nitrogens with zero attached hydrogens (tertiary/aromatic N) is 2. The number of carbonyl (C=O) groups is 1. The number of thiophene rings is 1. The third-order valence-corrected chi connectivity index (χ3v) is 4.00. The molecule has 156 valence electrons. The Morgan fingerprint density at radius 3 is 2.32 bits per heavy atom. The molecule has 0 saturated heterocycles. The zero-order valence-electron chi connectivity index (χ0n) is 18.7. The van der Waals surface area contributed by atoms with Gasteiger partial charge in [0.25, 0.3) is 0 Å². The van der Waals surface area contributed by atoms with E-state index in [4.69, 9.17) is 0 Å². The van der Waals surface area contributed by atoms with Crippen LogP contribution < -0.4 is 0 Å². The third kappa shape index (κ3) is 12.1. The fourth-order valence-corrected chi connectivity index (χ4v) is 2.77. The number of methoxy groups -OCH3 is 1. The Bertz CT molecular complexity index is 725. The first-order chi connectivity index (χ1) is 13.4. The Balaban J connectivity index is 0. The first kappa shape index (κ1) is 27.8. The lowest BCUT2D eigenvalue weighted by Gasteiger charge is -1.92. The Labute approximate surface area is 175 Å². The molecular formula is C23H36N2O2S. The van der Waals surface area contributed by atoms with Gasteiger partial charge in [0.2, 0.25) is 0 Å². The molecule has 0 aliphatic heterocycles. The van der Waals surface area contributed by atoms with Crippen molar-refractivity contribution >= 4 is 17.3 Å². The minimum absolute atomic E-state index is 0.304. The molecule has 0 spiro atoms.